The van der Waals surface area contributed by atoms with Crippen molar-refractivity contribution in [2.24, 2.45) is 0 Å². The van der Waals surface area contributed by atoms with Crippen LogP contribution in [0.5, 0.6) is 0 Å². The van der Waals surface area contributed by atoms with Gasteiger partial charge in [0, 0.05) is 25.7 Å². The summed E-state index contributed by atoms with van der Waals surface area (Å²) < 4.78 is 5.21. The number of carbonyl (C=O) groups excluding carboxylic acids is 1. The van der Waals surface area contributed by atoms with E-state index in [0.29, 0.717) is 12.6 Å². The molecule has 0 aromatic carbocycles. The summed E-state index contributed by atoms with van der Waals surface area (Å²) in [5, 5.41) is 3.44. The number of hydrogen-bond donors (Lipinski definition) is 1. The number of ether oxygens (including phenoxy) is 1. The van der Waals surface area contributed by atoms with Gasteiger partial charge in [-0.2, -0.15) is 0 Å². The molecule has 100 valence electrons. The van der Waals surface area contributed by atoms with E-state index in [9.17, 15) is 4.79 Å². The van der Waals surface area contributed by atoms with Gasteiger partial charge in [-0.1, -0.05) is 13.3 Å². The van der Waals surface area contributed by atoms with Crippen LogP contribution in [-0.2, 0) is 9.53 Å². The van der Waals surface area contributed by atoms with E-state index in [0.717, 1.165) is 32.5 Å². The van der Waals surface area contributed by atoms with Crippen LogP contribution in [0.25, 0.3) is 0 Å². The first-order chi connectivity index (χ1) is 8.27. The van der Waals surface area contributed by atoms with Crippen molar-refractivity contribution in [1.29, 1.82) is 0 Å². The van der Waals surface area contributed by atoms with Gasteiger partial charge in [0.25, 0.3) is 0 Å². The van der Waals surface area contributed by atoms with Crippen LogP contribution in [0.3, 0.4) is 0 Å². The van der Waals surface area contributed by atoms with Crippen LogP contribution in [0, 0.1) is 0 Å². The average Bonchev–Trinajstić information content (AvgIpc) is 2.84. The normalized spacial score (nSPS) is 19.5. The Balaban J connectivity index is 2.37. The highest BCUT2D eigenvalue weighted by Crippen LogP contribution is 2.08. The fourth-order valence-electron chi connectivity index (χ4n) is 2.13. The van der Waals surface area contributed by atoms with Crippen molar-refractivity contribution in [3.8, 4) is 0 Å². The third-order valence-corrected chi connectivity index (χ3v) is 3.17. The second-order valence-corrected chi connectivity index (χ2v) is 4.62. The molecule has 0 radical (unpaired) electrons. The third-order valence-electron chi connectivity index (χ3n) is 3.17. The van der Waals surface area contributed by atoms with Gasteiger partial charge in [-0.3, -0.25) is 4.79 Å². The maximum atomic E-state index is 12.0. The molecule has 1 rings (SSSR count). The Morgan fingerprint density at radius 2 is 2.29 bits per heavy atom. The first-order valence-corrected chi connectivity index (χ1v) is 6.86. The zero-order valence-corrected chi connectivity index (χ0v) is 11.2. The lowest BCUT2D eigenvalue weighted by molar-refractivity contribution is -0.136. The highest BCUT2D eigenvalue weighted by atomic mass is 16.5. The molecule has 0 aromatic heterocycles. The fraction of sp³-hybridized carbons (Fsp3) is 0.923. The van der Waals surface area contributed by atoms with Gasteiger partial charge in [0.05, 0.1) is 0 Å². The number of nitrogens with one attached hydrogen (secondary N) is 1. The summed E-state index contributed by atoms with van der Waals surface area (Å²) in [6.07, 6.45) is 4.61. The highest BCUT2D eigenvalue weighted by Gasteiger charge is 2.20. The molecule has 1 N–H and O–H groups in total. The molecule has 0 aromatic rings. The quantitative estimate of drug-likeness (QED) is 0.699. The van der Waals surface area contributed by atoms with E-state index in [1.807, 2.05) is 11.8 Å². The van der Waals surface area contributed by atoms with Crippen LogP contribution in [-0.4, -0.2) is 49.7 Å². The summed E-state index contributed by atoms with van der Waals surface area (Å²) >= 11 is 0. The summed E-state index contributed by atoms with van der Waals surface area (Å²) in [6, 6.07) is 0.484. The predicted octanol–water partition coefficient (Wildman–Crippen LogP) is 1.40. The molecule has 17 heavy (non-hydrogen) atoms. The van der Waals surface area contributed by atoms with Gasteiger partial charge in [-0.25, -0.2) is 0 Å². The second-order valence-electron chi connectivity index (χ2n) is 4.62. The molecule has 0 saturated carbocycles. The standard InChI is InChI=1S/C13H26N2O2/c1-3-5-9-15(13(16)11-17-4-2)10-12-7-6-8-14-12/h12,14H,3-11H2,1-2H3. The van der Waals surface area contributed by atoms with Crippen molar-refractivity contribution < 1.29 is 9.53 Å². The predicted molar refractivity (Wildman–Crippen MR) is 69.0 cm³/mol. The second kappa shape index (κ2) is 8.48. The van der Waals surface area contributed by atoms with Crippen LogP contribution in [0.1, 0.15) is 39.5 Å². The fourth-order valence-corrected chi connectivity index (χ4v) is 2.13. The Bertz CT molecular complexity index is 215. The number of rotatable bonds is 8. The molecule has 0 bridgehead atoms. The van der Waals surface area contributed by atoms with Crippen molar-refractivity contribution in [1.82, 2.24) is 10.2 Å². The first kappa shape index (κ1) is 14.5. The van der Waals surface area contributed by atoms with E-state index in [1.54, 1.807) is 0 Å². The summed E-state index contributed by atoms with van der Waals surface area (Å²) in [4.78, 5) is 13.9. The van der Waals surface area contributed by atoms with Crippen molar-refractivity contribution in [3.63, 3.8) is 0 Å². The molecular formula is C13H26N2O2. The van der Waals surface area contributed by atoms with Crippen molar-refractivity contribution in [3.05, 3.63) is 0 Å². The van der Waals surface area contributed by atoms with Gasteiger partial charge in [-0.15, -0.1) is 0 Å². The van der Waals surface area contributed by atoms with Gasteiger partial charge < -0.3 is 15.0 Å². The monoisotopic (exact) mass is 242 g/mol. The minimum atomic E-state index is 0.133. The zero-order valence-electron chi connectivity index (χ0n) is 11.2. The molecule has 1 amide bonds. The maximum Gasteiger partial charge on any atom is 0.248 e. The molecular weight excluding hydrogens is 216 g/mol. The topological polar surface area (TPSA) is 41.6 Å². The van der Waals surface area contributed by atoms with Gasteiger partial charge in [0.1, 0.15) is 6.61 Å². The molecule has 4 heteroatoms. The molecule has 1 unspecified atom stereocenters. The Labute approximate surface area is 105 Å². The molecule has 1 heterocycles. The van der Waals surface area contributed by atoms with Gasteiger partial charge >= 0.3 is 0 Å². The van der Waals surface area contributed by atoms with Crippen LogP contribution in [0.4, 0.5) is 0 Å². The third kappa shape index (κ3) is 5.50. The maximum absolute atomic E-state index is 12.0. The van der Waals surface area contributed by atoms with Gasteiger partial charge in [0.2, 0.25) is 5.91 Å². The minimum Gasteiger partial charge on any atom is -0.372 e. The van der Waals surface area contributed by atoms with E-state index in [2.05, 4.69) is 12.2 Å². The smallest absolute Gasteiger partial charge is 0.248 e. The number of carbonyl (C=O) groups is 1. The van der Waals surface area contributed by atoms with Gasteiger partial charge in [0.15, 0.2) is 0 Å². The largest absolute Gasteiger partial charge is 0.372 e. The molecule has 0 aliphatic carbocycles. The average molecular weight is 242 g/mol. The van der Waals surface area contributed by atoms with E-state index < -0.39 is 0 Å². The molecule has 1 aliphatic rings. The SMILES string of the molecule is CCCCN(CC1CCCN1)C(=O)COCC. The number of unbranched alkanes of at least 4 members (excludes halogenated alkanes) is 1. The van der Waals surface area contributed by atoms with E-state index in [4.69, 9.17) is 4.74 Å². The lowest BCUT2D eigenvalue weighted by atomic mass is 10.2. The Morgan fingerprint density at radius 3 is 2.88 bits per heavy atom. The molecule has 1 atom stereocenters. The zero-order chi connectivity index (χ0) is 12.5. The van der Waals surface area contributed by atoms with Crippen LogP contribution >= 0.6 is 0 Å². The van der Waals surface area contributed by atoms with Gasteiger partial charge in [-0.05, 0) is 32.7 Å². The lowest BCUT2D eigenvalue weighted by Crippen LogP contribution is -2.43. The molecule has 4 nitrogen and oxygen atoms in total. The molecule has 0 spiro atoms. The van der Waals surface area contributed by atoms with Crippen molar-refractivity contribution in [2.75, 3.05) is 32.8 Å². The Morgan fingerprint density at radius 1 is 1.47 bits per heavy atom. The van der Waals surface area contributed by atoms with E-state index in [-0.39, 0.29) is 12.5 Å². The number of nitrogens with zero attached hydrogens (tertiary/aromatic N) is 1. The number of hydrogen-bond acceptors (Lipinski definition) is 3. The lowest BCUT2D eigenvalue weighted by Gasteiger charge is -2.25. The van der Waals surface area contributed by atoms with E-state index >= 15 is 0 Å². The van der Waals surface area contributed by atoms with Crippen molar-refractivity contribution in [2.45, 2.75) is 45.6 Å². The Kier molecular flexibility index (Phi) is 7.21. The summed E-state index contributed by atoms with van der Waals surface area (Å²) in [5.74, 6) is 0.133. The first-order valence-electron chi connectivity index (χ1n) is 6.86. The Hall–Kier alpha value is -0.610. The molecule has 1 saturated heterocycles. The molecule has 1 fully saturated rings. The molecule has 1 aliphatic heterocycles. The summed E-state index contributed by atoms with van der Waals surface area (Å²) in [7, 11) is 0. The summed E-state index contributed by atoms with van der Waals surface area (Å²) in [6.45, 7) is 7.70. The summed E-state index contributed by atoms with van der Waals surface area (Å²) in [5.41, 5.74) is 0. The highest BCUT2D eigenvalue weighted by molar-refractivity contribution is 5.77. The van der Waals surface area contributed by atoms with Crippen molar-refractivity contribution >= 4 is 5.91 Å². The number of amides is 1. The van der Waals surface area contributed by atoms with E-state index in [1.165, 1.54) is 12.8 Å². The van der Waals surface area contributed by atoms with Crippen LogP contribution in [0.2, 0.25) is 0 Å². The van der Waals surface area contributed by atoms with Crippen LogP contribution < -0.4 is 5.32 Å². The van der Waals surface area contributed by atoms with Crippen LogP contribution in [0.15, 0.2) is 0 Å². The minimum absolute atomic E-state index is 0.133.